The smallest absolute Gasteiger partial charge is 0.294 e. The van der Waals surface area contributed by atoms with Crippen LogP contribution in [0.5, 0.6) is 0 Å². The lowest BCUT2D eigenvalue weighted by atomic mass is 10.4. The third-order valence-electron chi connectivity index (χ3n) is 1.27. The van der Waals surface area contributed by atoms with Gasteiger partial charge in [0.2, 0.25) is 5.44 Å². The molecule has 0 aromatic heterocycles. The summed E-state index contributed by atoms with van der Waals surface area (Å²) in [6.45, 7) is -0.0851. The van der Waals surface area contributed by atoms with Gasteiger partial charge in [-0.1, -0.05) is 0 Å². The first-order valence-corrected chi connectivity index (χ1v) is 4.36. The zero-order valence-electron chi connectivity index (χ0n) is 5.50. The van der Waals surface area contributed by atoms with E-state index in [4.69, 9.17) is 9.66 Å². The molecule has 66 valence electrons. The molecule has 0 amide bonds. The minimum atomic E-state index is -4.44. The van der Waals surface area contributed by atoms with Crippen LogP contribution >= 0.6 is 0 Å². The van der Waals surface area contributed by atoms with Crippen LogP contribution in [0.15, 0.2) is 0 Å². The van der Waals surface area contributed by atoms with Gasteiger partial charge in [-0.2, -0.15) is 8.42 Å². The molecule has 11 heavy (non-hydrogen) atoms. The SMILES string of the molecule is O=S(=O)(O)C(O)C1COCO1. The minimum absolute atomic E-state index is 0.0268. The Morgan fingerprint density at radius 3 is 2.55 bits per heavy atom. The maximum absolute atomic E-state index is 10.3. The van der Waals surface area contributed by atoms with Gasteiger partial charge in [0, 0.05) is 0 Å². The molecule has 1 rings (SSSR count). The molecule has 0 bridgehead atoms. The summed E-state index contributed by atoms with van der Waals surface area (Å²) in [5.41, 5.74) is -1.91. The van der Waals surface area contributed by atoms with E-state index in [9.17, 15) is 8.42 Å². The van der Waals surface area contributed by atoms with Crippen molar-refractivity contribution in [3.05, 3.63) is 0 Å². The molecule has 1 aliphatic heterocycles. The van der Waals surface area contributed by atoms with E-state index in [1.807, 2.05) is 0 Å². The fourth-order valence-electron chi connectivity index (χ4n) is 0.704. The van der Waals surface area contributed by atoms with Gasteiger partial charge in [0.15, 0.2) is 0 Å². The van der Waals surface area contributed by atoms with Crippen molar-refractivity contribution in [1.82, 2.24) is 0 Å². The lowest BCUT2D eigenvalue weighted by molar-refractivity contribution is 0.0145. The van der Waals surface area contributed by atoms with Crippen LogP contribution in [0.3, 0.4) is 0 Å². The van der Waals surface area contributed by atoms with Crippen LogP contribution < -0.4 is 0 Å². The van der Waals surface area contributed by atoms with E-state index in [0.29, 0.717) is 0 Å². The third kappa shape index (κ3) is 2.11. The van der Waals surface area contributed by atoms with Gasteiger partial charge in [-0.25, -0.2) is 0 Å². The van der Waals surface area contributed by atoms with Crippen molar-refractivity contribution in [2.24, 2.45) is 0 Å². The number of aliphatic hydroxyl groups excluding tert-OH is 1. The molecule has 0 spiro atoms. The molecule has 0 aromatic carbocycles. The molecule has 1 saturated heterocycles. The Bertz CT molecular complexity index is 215. The second-order valence-electron chi connectivity index (χ2n) is 2.10. The summed E-state index contributed by atoms with van der Waals surface area (Å²) < 4.78 is 38.2. The molecular weight excluding hydrogens is 176 g/mol. The first kappa shape index (κ1) is 8.88. The lowest BCUT2D eigenvalue weighted by Crippen LogP contribution is -2.35. The molecule has 0 radical (unpaired) electrons. The van der Waals surface area contributed by atoms with Gasteiger partial charge < -0.3 is 14.6 Å². The van der Waals surface area contributed by atoms with E-state index < -0.39 is 21.7 Å². The fourth-order valence-corrected chi connectivity index (χ4v) is 1.25. The first-order chi connectivity index (χ1) is 5.02. The summed E-state index contributed by atoms with van der Waals surface area (Å²) >= 11 is 0. The van der Waals surface area contributed by atoms with E-state index in [0.717, 1.165) is 0 Å². The van der Waals surface area contributed by atoms with Crippen LogP contribution in [0.1, 0.15) is 0 Å². The van der Waals surface area contributed by atoms with Crippen molar-refractivity contribution in [3.8, 4) is 0 Å². The first-order valence-electron chi connectivity index (χ1n) is 2.85. The predicted octanol–water partition coefficient (Wildman–Crippen LogP) is -1.43. The Balaban J connectivity index is 2.60. The molecule has 1 aliphatic rings. The van der Waals surface area contributed by atoms with Crippen molar-refractivity contribution in [3.63, 3.8) is 0 Å². The van der Waals surface area contributed by atoms with Crippen molar-refractivity contribution in [2.45, 2.75) is 11.5 Å². The van der Waals surface area contributed by atoms with Crippen molar-refractivity contribution in [2.75, 3.05) is 13.4 Å². The monoisotopic (exact) mass is 184 g/mol. The van der Waals surface area contributed by atoms with Gasteiger partial charge >= 0.3 is 0 Å². The highest BCUT2D eigenvalue weighted by atomic mass is 32.2. The normalized spacial score (nSPS) is 28.7. The van der Waals surface area contributed by atoms with Crippen LogP contribution in [0.4, 0.5) is 0 Å². The molecule has 2 unspecified atom stereocenters. The van der Waals surface area contributed by atoms with Gasteiger partial charge in [0.1, 0.15) is 12.9 Å². The topological polar surface area (TPSA) is 93.1 Å². The van der Waals surface area contributed by atoms with Gasteiger partial charge in [-0.3, -0.25) is 4.55 Å². The van der Waals surface area contributed by atoms with Crippen molar-refractivity contribution < 1.29 is 27.6 Å². The van der Waals surface area contributed by atoms with Gasteiger partial charge in [0.05, 0.1) is 6.61 Å². The molecule has 1 heterocycles. The quantitative estimate of drug-likeness (QED) is 0.511. The number of ether oxygens (including phenoxy) is 2. The van der Waals surface area contributed by atoms with Crippen LogP contribution in [0, 0.1) is 0 Å². The largest absolute Gasteiger partial charge is 0.373 e. The minimum Gasteiger partial charge on any atom is -0.373 e. The predicted molar refractivity (Wildman–Crippen MR) is 33.2 cm³/mol. The number of aliphatic hydroxyl groups is 1. The Kier molecular flexibility index (Phi) is 2.45. The summed E-state index contributed by atoms with van der Waals surface area (Å²) in [5.74, 6) is 0. The number of hydrogen-bond acceptors (Lipinski definition) is 5. The van der Waals surface area contributed by atoms with Crippen LogP contribution in [-0.4, -0.2) is 43.0 Å². The summed E-state index contributed by atoms with van der Waals surface area (Å²) in [6.07, 6.45) is -0.981. The van der Waals surface area contributed by atoms with E-state index in [-0.39, 0.29) is 13.4 Å². The van der Waals surface area contributed by atoms with Crippen LogP contribution in [-0.2, 0) is 19.6 Å². The number of rotatable bonds is 2. The van der Waals surface area contributed by atoms with Crippen molar-refractivity contribution in [1.29, 1.82) is 0 Å². The highest BCUT2D eigenvalue weighted by Gasteiger charge is 2.33. The van der Waals surface area contributed by atoms with Gasteiger partial charge in [-0.15, -0.1) is 0 Å². The Hall–Kier alpha value is -0.210. The summed E-state index contributed by atoms with van der Waals surface area (Å²) in [7, 11) is -4.44. The summed E-state index contributed by atoms with van der Waals surface area (Å²) in [6, 6.07) is 0. The molecule has 0 aromatic rings. The Labute approximate surface area is 63.5 Å². The average Bonchev–Trinajstić information content (AvgIpc) is 2.34. The molecule has 2 atom stereocenters. The lowest BCUT2D eigenvalue weighted by Gasteiger charge is -2.11. The zero-order valence-corrected chi connectivity index (χ0v) is 6.32. The summed E-state index contributed by atoms with van der Waals surface area (Å²) in [5, 5.41) is 8.84. The van der Waals surface area contributed by atoms with E-state index in [2.05, 4.69) is 9.47 Å². The Morgan fingerprint density at radius 1 is 1.55 bits per heavy atom. The van der Waals surface area contributed by atoms with Crippen molar-refractivity contribution >= 4 is 10.1 Å². The second-order valence-corrected chi connectivity index (χ2v) is 3.61. The zero-order chi connectivity index (χ0) is 8.48. The van der Waals surface area contributed by atoms with E-state index >= 15 is 0 Å². The standard InChI is InChI=1S/C4H8O6S/c5-4(11(6,7)8)3-1-9-2-10-3/h3-5H,1-2H2,(H,6,7,8). The molecule has 1 fully saturated rings. The maximum Gasteiger partial charge on any atom is 0.294 e. The second kappa shape index (κ2) is 3.03. The van der Waals surface area contributed by atoms with E-state index in [1.54, 1.807) is 0 Å². The van der Waals surface area contributed by atoms with E-state index in [1.165, 1.54) is 0 Å². The third-order valence-corrected chi connectivity index (χ3v) is 2.18. The Morgan fingerprint density at radius 2 is 2.18 bits per heavy atom. The molecule has 2 N–H and O–H groups in total. The fraction of sp³-hybridized carbons (Fsp3) is 1.00. The highest BCUT2D eigenvalue weighted by molar-refractivity contribution is 7.86. The molecule has 7 heteroatoms. The van der Waals surface area contributed by atoms with Crippen LogP contribution in [0.25, 0.3) is 0 Å². The molecule has 0 saturated carbocycles. The van der Waals surface area contributed by atoms with Gasteiger partial charge in [-0.05, 0) is 0 Å². The highest BCUT2D eigenvalue weighted by Crippen LogP contribution is 2.11. The summed E-state index contributed by atoms with van der Waals surface area (Å²) in [4.78, 5) is 0. The van der Waals surface area contributed by atoms with Crippen LogP contribution in [0.2, 0.25) is 0 Å². The molecular formula is C4H8O6S. The van der Waals surface area contributed by atoms with Gasteiger partial charge in [0.25, 0.3) is 10.1 Å². The molecule has 0 aliphatic carbocycles. The molecule has 6 nitrogen and oxygen atoms in total. The average molecular weight is 184 g/mol. The maximum atomic E-state index is 10.3. The number of hydrogen-bond donors (Lipinski definition) is 2.